The molecule has 0 fully saturated rings. The molecule has 162 valence electrons. The second-order valence-electron chi connectivity index (χ2n) is 8.17. The van der Waals surface area contributed by atoms with Gasteiger partial charge in [0.05, 0.1) is 6.04 Å². The molecule has 0 saturated heterocycles. The van der Waals surface area contributed by atoms with Gasteiger partial charge in [-0.2, -0.15) is 0 Å². The highest BCUT2D eigenvalue weighted by Crippen LogP contribution is 2.49. The van der Waals surface area contributed by atoms with E-state index in [9.17, 15) is 9.90 Å². The summed E-state index contributed by atoms with van der Waals surface area (Å²) in [7, 11) is 0. The number of carboxylic acids is 1. The molecule has 4 aromatic carbocycles. The molecule has 1 N–H and O–H groups in total. The number of carbonyl (C=O) groups is 1. The highest BCUT2D eigenvalue weighted by Gasteiger charge is 2.56. The Labute approximate surface area is 193 Å². The van der Waals surface area contributed by atoms with Crippen LogP contribution in [-0.2, 0) is 16.9 Å². The van der Waals surface area contributed by atoms with Crippen LogP contribution >= 0.6 is 0 Å². The highest BCUT2D eigenvalue weighted by atomic mass is 16.4. The summed E-state index contributed by atoms with van der Waals surface area (Å²) in [6.07, 6.45) is 0. The molecule has 0 amide bonds. The van der Waals surface area contributed by atoms with Gasteiger partial charge in [0.2, 0.25) is 5.54 Å². The molecule has 0 aromatic heterocycles. The van der Waals surface area contributed by atoms with Crippen molar-refractivity contribution in [3.63, 3.8) is 0 Å². The van der Waals surface area contributed by atoms with E-state index in [1.807, 2.05) is 109 Å². The van der Waals surface area contributed by atoms with Crippen molar-refractivity contribution in [1.82, 2.24) is 4.90 Å². The lowest BCUT2D eigenvalue weighted by Crippen LogP contribution is -2.43. The Morgan fingerprint density at radius 2 is 1.27 bits per heavy atom. The largest absolute Gasteiger partial charge is 0.479 e. The fraction of sp³-hybridized carbons (Fsp3) is 0.103. The first-order valence-electron chi connectivity index (χ1n) is 11.0. The molecule has 33 heavy (non-hydrogen) atoms. The van der Waals surface area contributed by atoms with Crippen molar-refractivity contribution in [2.75, 3.05) is 0 Å². The van der Waals surface area contributed by atoms with Gasteiger partial charge >= 0.3 is 5.97 Å². The van der Waals surface area contributed by atoms with Gasteiger partial charge in [-0.1, -0.05) is 121 Å². The lowest BCUT2D eigenvalue weighted by atomic mass is 9.80. The van der Waals surface area contributed by atoms with Gasteiger partial charge in [0.25, 0.3) is 0 Å². The second-order valence-corrected chi connectivity index (χ2v) is 8.17. The van der Waals surface area contributed by atoms with E-state index in [0.29, 0.717) is 17.9 Å². The van der Waals surface area contributed by atoms with Crippen molar-refractivity contribution in [2.45, 2.75) is 18.1 Å². The highest BCUT2D eigenvalue weighted by molar-refractivity contribution is 6.04. The number of rotatable bonds is 6. The average molecular weight is 433 g/mol. The number of aliphatic imine (C=N–C) groups is 1. The maximum Gasteiger partial charge on any atom is 0.338 e. The minimum atomic E-state index is -1.48. The predicted octanol–water partition coefficient (Wildman–Crippen LogP) is 5.67. The Morgan fingerprint density at radius 1 is 0.758 bits per heavy atom. The van der Waals surface area contributed by atoms with E-state index in [1.54, 1.807) is 0 Å². The van der Waals surface area contributed by atoms with Crippen molar-refractivity contribution in [1.29, 1.82) is 0 Å². The third-order valence-electron chi connectivity index (χ3n) is 6.14. The molecule has 4 heteroatoms. The minimum absolute atomic E-state index is 0.519. The molecule has 0 aliphatic carbocycles. The lowest BCUT2D eigenvalue weighted by molar-refractivity contribution is -0.145. The van der Waals surface area contributed by atoms with Crippen LogP contribution in [-0.4, -0.2) is 21.8 Å². The van der Waals surface area contributed by atoms with E-state index in [1.165, 1.54) is 0 Å². The van der Waals surface area contributed by atoms with E-state index in [4.69, 9.17) is 4.99 Å². The summed E-state index contributed by atoms with van der Waals surface area (Å²) in [6.45, 7) is 0.538. The van der Waals surface area contributed by atoms with E-state index < -0.39 is 17.6 Å². The number of nitrogens with zero attached hydrogens (tertiary/aromatic N) is 2. The van der Waals surface area contributed by atoms with Crippen molar-refractivity contribution >= 4 is 11.8 Å². The van der Waals surface area contributed by atoms with Crippen molar-refractivity contribution < 1.29 is 9.90 Å². The molecule has 4 nitrogen and oxygen atoms in total. The summed E-state index contributed by atoms with van der Waals surface area (Å²) in [4.78, 5) is 20.3. The lowest BCUT2D eigenvalue weighted by Gasteiger charge is -2.36. The second kappa shape index (κ2) is 8.75. The van der Waals surface area contributed by atoms with Crippen LogP contribution < -0.4 is 0 Å². The van der Waals surface area contributed by atoms with Crippen LogP contribution in [0.1, 0.15) is 28.3 Å². The molecule has 4 aromatic rings. The summed E-state index contributed by atoms with van der Waals surface area (Å²) in [5, 5.41) is 10.8. The zero-order valence-corrected chi connectivity index (χ0v) is 18.1. The quantitative estimate of drug-likeness (QED) is 0.427. The van der Waals surface area contributed by atoms with E-state index in [0.717, 1.165) is 16.7 Å². The van der Waals surface area contributed by atoms with Crippen LogP contribution in [0.2, 0.25) is 0 Å². The number of hydrogen-bond donors (Lipinski definition) is 1. The molecule has 0 radical (unpaired) electrons. The van der Waals surface area contributed by atoms with Gasteiger partial charge in [0.15, 0.2) is 0 Å². The van der Waals surface area contributed by atoms with Crippen LogP contribution in [0.25, 0.3) is 0 Å². The molecule has 0 spiro atoms. The van der Waals surface area contributed by atoms with Crippen LogP contribution in [0.3, 0.4) is 0 Å². The van der Waals surface area contributed by atoms with Gasteiger partial charge in [-0.3, -0.25) is 0 Å². The van der Waals surface area contributed by atoms with Crippen LogP contribution in [0, 0.1) is 0 Å². The first-order valence-corrected chi connectivity index (χ1v) is 11.0. The molecule has 0 saturated carbocycles. The van der Waals surface area contributed by atoms with Gasteiger partial charge < -0.3 is 10.0 Å². The maximum atomic E-state index is 13.1. The van der Waals surface area contributed by atoms with Crippen LogP contribution in [0.5, 0.6) is 0 Å². The zero-order valence-electron chi connectivity index (χ0n) is 18.1. The summed E-state index contributed by atoms with van der Waals surface area (Å²) in [5.41, 5.74) is 2.08. The smallest absolute Gasteiger partial charge is 0.338 e. The SMILES string of the molecule is O=C(O)C1(c2ccccc2)N=C(c2ccccc2)N(Cc2ccccc2)C1c1ccccc1. The summed E-state index contributed by atoms with van der Waals surface area (Å²) in [5.74, 6) is -0.286. The minimum Gasteiger partial charge on any atom is -0.479 e. The van der Waals surface area contributed by atoms with E-state index in [2.05, 4.69) is 17.0 Å². The first-order chi connectivity index (χ1) is 16.2. The molecule has 1 aliphatic heterocycles. The third kappa shape index (κ3) is 3.70. The first kappa shape index (κ1) is 20.7. The van der Waals surface area contributed by atoms with Crippen LogP contribution in [0.15, 0.2) is 126 Å². The fourth-order valence-corrected chi connectivity index (χ4v) is 4.66. The molecule has 1 aliphatic rings. The number of carboxylic acid groups (broad SMARTS) is 1. The Morgan fingerprint density at radius 3 is 1.85 bits per heavy atom. The Bertz CT molecular complexity index is 1260. The molecular weight excluding hydrogens is 408 g/mol. The summed E-state index contributed by atoms with van der Waals surface area (Å²) in [6, 6.07) is 38.7. The number of amidine groups is 1. The van der Waals surface area contributed by atoms with Crippen molar-refractivity contribution in [3.05, 3.63) is 144 Å². The van der Waals surface area contributed by atoms with Gasteiger partial charge in [0, 0.05) is 12.1 Å². The number of hydrogen-bond acceptors (Lipinski definition) is 3. The molecular formula is C29H24N2O2. The molecule has 2 atom stereocenters. The van der Waals surface area contributed by atoms with Crippen LogP contribution in [0.4, 0.5) is 0 Å². The predicted molar refractivity (Wildman–Crippen MR) is 130 cm³/mol. The zero-order chi connectivity index (χ0) is 22.7. The summed E-state index contributed by atoms with van der Waals surface area (Å²) < 4.78 is 0. The maximum absolute atomic E-state index is 13.1. The normalized spacial score (nSPS) is 19.8. The number of aliphatic carboxylic acids is 1. The summed E-state index contributed by atoms with van der Waals surface area (Å²) >= 11 is 0. The van der Waals surface area contributed by atoms with Crippen molar-refractivity contribution in [2.24, 2.45) is 4.99 Å². The Hall–Kier alpha value is -4.18. The van der Waals surface area contributed by atoms with Gasteiger partial charge in [-0.05, 0) is 16.7 Å². The molecule has 1 heterocycles. The molecule has 5 rings (SSSR count). The average Bonchev–Trinajstić information content (AvgIpc) is 3.22. The molecule has 2 unspecified atom stereocenters. The fourth-order valence-electron chi connectivity index (χ4n) is 4.66. The number of benzene rings is 4. The van der Waals surface area contributed by atoms with Gasteiger partial charge in [-0.15, -0.1) is 0 Å². The topological polar surface area (TPSA) is 52.9 Å². The Balaban J connectivity index is 1.78. The molecule has 0 bridgehead atoms. The monoisotopic (exact) mass is 432 g/mol. The van der Waals surface area contributed by atoms with E-state index >= 15 is 0 Å². The standard InChI is InChI=1S/C29H24N2O2/c32-28(33)29(25-19-11-4-12-20-25)26(23-15-7-2-8-16-23)31(21-22-13-5-1-6-14-22)27(30-29)24-17-9-3-10-18-24/h1-20,26H,21H2,(H,32,33). The third-order valence-corrected chi connectivity index (χ3v) is 6.14. The van der Waals surface area contributed by atoms with Crippen molar-refractivity contribution in [3.8, 4) is 0 Å². The Kier molecular flexibility index (Phi) is 5.49. The van der Waals surface area contributed by atoms with E-state index in [-0.39, 0.29) is 0 Å². The van der Waals surface area contributed by atoms with Gasteiger partial charge in [-0.25, -0.2) is 9.79 Å². The van der Waals surface area contributed by atoms with Gasteiger partial charge in [0.1, 0.15) is 5.84 Å².